The van der Waals surface area contributed by atoms with Crippen molar-refractivity contribution in [2.75, 3.05) is 6.54 Å². The molecule has 2 atom stereocenters. The molecule has 0 aromatic rings. The Kier molecular flexibility index (Phi) is 3.53. The maximum absolute atomic E-state index is 11.5. The van der Waals surface area contributed by atoms with Gasteiger partial charge in [0.25, 0.3) is 0 Å². The number of nitrogens with one attached hydrogen (secondary N) is 1. The molecule has 0 aromatic heterocycles. The van der Waals surface area contributed by atoms with Crippen molar-refractivity contribution >= 4 is 5.97 Å². The number of carboxylic acids is 1. The molecule has 2 fully saturated rings. The Labute approximate surface area is 97.6 Å². The van der Waals surface area contributed by atoms with Crippen LogP contribution in [0.3, 0.4) is 0 Å². The molecule has 0 heterocycles. The van der Waals surface area contributed by atoms with Crippen LogP contribution >= 0.6 is 0 Å². The van der Waals surface area contributed by atoms with Gasteiger partial charge in [-0.25, -0.2) is 0 Å². The SMILES string of the molecule is CCCNC1(C(=O)O)CCCC(C2CC2)C1. The van der Waals surface area contributed by atoms with Crippen molar-refractivity contribution in [3.8, 4) is 0 Å². The summed E-state index contributed by atoms with van der Waals surface area (Å²) in [5, 5.41) is 12.8. The van der Waals surface area contributed by atoms with Crippen LogP contribution in [0.25, 0.3) is 0 Å². The molecule has 2 aliphatic rings. The third-order valence-corrected chi connectivity index (χ3v) is 4.20. The molecule has 0 radical (unpaired) electrons. The number of hydrogen-bond donors (Lipinski definition) is 2. The van der Waals surface area contributed by atoms with E-state index in [1.54, 1.807) is 0 Å². The molecule has 0 bridgehead atoms. The first-order valence-electron chi connectivity index (χ1n) is 6.66. The molecular formula is C13H23NO2. The third-order valence-electron chi connectivity index (χ3n) is 4.20. The Balaban J connectivity index is 2.01. The minimum Gasteiger partial charge on any atom is -0.480 e. The van der Waals surface area contributed by atoms with Crippen molar-refractivity contribution in [3.05, 3.63) is 0 Å². The maximum Gasteiger partial charge on any atom is 0.323 e. The van der Waals surface area contributed by atoms with Crippen LogP contribution in [0.2, 0.25) is 0 Å². The second kappa shape index (κ2) is 4.74. The number of rotatable bonds is 5. The average Bonchev–Trinajstić information content (AvgIpc) is 3.10. The molecule has 0 saturated heterocycles. The summed E-state index contributed by atoms with van der Waals surface area (Å²) in [6, 6.07) is 0. The minimum atomic E-state index is -0.633. The van der Waals surface area contributed by atoms with Crippen molar-refractivity contribution < 1.29 is 9.90 Å². The summed E-state index contributed by atoms with van der Waals surface area (Å²) >= 11 is 0. The molecule has 2 aliphatic carbocycles. The zero-order valence-electron chi connectivity index (χ0n) is 10.2. The highest BCUT2D eigenvalue weighted by molar-refractivity contribution is 5.79. The van der Waals surface area contributed by atoms with E-state index in [1.807, 2.05) is 0 Å². The van der Waals surface area contributed by atoms with E-state index in [4.69, 9.17) is 0 Å². The monoisotopic (exact) mass is 225 g/mol. The second-order valence-electron chi connectivity index (χ2n) is 5.51. The standard InChI is InChI=1S/C13H23NO2/c1-2-8-14-13(12(15)16)7-3-4-11(9-13)10-5-6-10/h10-11,14H,2-9H2,1H3,(H,15,16). The van der Waals surface area contributed by atoms with Crippen LogP contribution in [0, 0.1) is 11.8 Å². The van der Waals surface area contributed by atoms with E-state index < -0.39 is 11.5 Å². The van der Waals surface area contributed by atoms with Crippen molar-refractivity contribution in [2.24, 2.45) is 11.8 Å². The first-order chi connectivity index (χ1) is 7.68. The third kappa shape index (κ3) is 2.40. The molecule has 2 N–H and O–H groups in total. The Morgan fingerprint density at radius 3 is 2.69 bits per heavy atom. The Hall–Kier alpha value is -0.570. The number of aliphatic carboxylic acids is 1. The van der Waals surface area contributed by atoms with Crippen molar-refractivity contribution in [3.63, 3.8) is 0 Å². The Morgan fingerprint density at radius 2 is 2.12 bits per heavy atom. The van der Waals surface area contributed by atoms with Crippen LogP contribution in [-0.4, -0.2) is 23.2 Å². The van der Waals surface area contributed by atoms with Gasteiger partial charge in [-0.3, -0.25) is 4.79 Å². The highest BCUT2D eigenvalue weighted by atomic mass is 16.4. The van der Waals surface area contributed by atoms with E-state index in [1.165, 1.54) is 19.3 Å². The number of hydrogen-bond acceptors (Lipinski definition) is 2. The lowest BCUT2D eigenvalue weighted by atomic mass is 9.73. The molecule has 2 unspecified atom stereocenters. The summed E-state index contributed by atoms with van der Waals surface area (Å²) in [6.07, 6.45) is 7.64. The Morgan fingerprint density at radius 1 is 1.38 bits per heavy atom. The summed E-state index contributed by atoms with van der Waals surface area (Å²) in [7, 11) is 0. The molecule has 2 rings (SSSR count). The van der Waals surface area contributed by atoms with Crippen LogP contribution in [0.15, 0.2) is 0 Å². The fourth-order valence-electron chi connectivity index (χ4n) is 3.08. The highest BCUT2D eigenvalue weighted by Gasteiger charge is 2.46. The van der Waals surface area contributed by atoms with Crippen LogP contribution in [0.5, 0.6) is 0 Å². The number of carboxylic acid groups (broad SMARTS) is 1. The fourth-order valence-corrected chi connectivity index (χ4v) is 3.08. The molecule has 0 aromatic carbocycles. The zero-order chi connectivity index (χ0) is 11.6. The molecule has 0 amide bonds. The predicted molar refractivity (Wildman–Crippen MR) is 63.3 cm³/mol. The van der Waals surface area contributed by atoms with Gasteiger partial charge < -0.3 is 10.4 Å². The van der Waals surface area contributed by atoms with Crippen LogP contribution < -0.4 is 5.32 Å². The zero-order valence-corrected chi connectivity index (χ0v) is 10.2. The largest absolute Gasteiger partial charge is 0.480 e. The lowest BCUT2D eigenvalue weighted by Gasteiger charge is -2.38. The first kappa shape index (κ1) is 11.9. The van der Waals surface area contributed by atoms with Gasteiger partial charge in [0, 0.05) is 0 Å². The summed E-state index contributed by atoms with van der Waals surface area (Å²) < 4.78 is 0. The smallest absolute Gasteiger partial charge is 0.323 e. The molecule has 3 heteroatoms. The lowest BCUT2D eigenvalue weighted by molar-refractivity contribution is -0.147. The van der Waals surface area contributed by atoms with Crippen molar-refractivity contribution in [1.29, 1.82) is 0 Å². The van der Waals surface area contributed by atoms with Gasteiger partial charge in [-0.2, -0.15) is 0 Å². The molecule has 2 saturated carbocycles. The summed E-state index contributed by atoms with van der Waals surface area (Å²) in [5.74, 6) is 0.864. The van der Waals surface area contributed by atoms with E-state index in [-0.39, 0.29) is 0 Å². The molecule has 92 valence electrons. The summed E-state index contributed by atoms with van der Waals surface area (Å²) in [5.41, 5.74) is -0.610. The van der Waals surface area contributed by atoms with Crippen LogP contribution in [0.1, 0.15) is 51.9 Å². The maximum atomic E-state index is 11.5. The van der Waals surface area contributed by atoms with Gasteiger partial charge in [-0.15, -0.1) is 0 Å². The van der Waals surface area contributed by atoms with Gasteiger partial charge in [0.05, 0.1) is 0 Å². The van der Waals surface area contributed by atoms with E-state index in [0.717, 1.165) is 38.1 Å². The van der Waals surface area contributed by atoms with E-state index in [9.17, 15) is 9.90 Å². The van der Waals surface area contributed by atoms with Crippen molar-refractivity contribution in [1.82, 2.24) is 5.32 Å². The second-order valence-corrected chi connectivity index (χ2v) is 5.51. The van der Waals surface area contributed by atoms with Gasteiger partial charge in [0.2, 0.25) is 0 Å². The predicted octanol–water partition coefficient (Wildman–Crippen LogP) is 2.41. The van der Waals surface area contributed by atoms with Gasteiger partial charge in [-0.05, 0) is 50.5 Å². The van der Waals surface area contributed by atoms with Crippen LogP contribution in [0.4, 0.5) is 0 Å². The molecular weight excluding hydrogens is 202 g/mol. The fraction of sp³-hybridized carbons (Fsp3) is 0.923. The summed E-state index contributed by atoms with van der Waals surface area (Å²) in [6.45, 7) is 2.91. The van der Waals surface area contributed by atoms with Crippen LogP contribution in [-0.2, 0) is 4.79 Å². The topological polar surface area (TPSA) is 49.3 Å². The van der Waals surface area contributed by atoms with E-state index in [0.29, 0.717) is 5.92 Å². The van der Waals surface area contributed by atoms with Crippen molar-refractivity contribution in [2.45, 2.75) is 57.4 Å². The lowest BCUT2D eigenvalue weighted by Crippen LogP contribution is -2.55. The Bertz CT molecular complexity index is 263. The first-order valence-corrected chi connectivity index (χ1v) is 6.66. The molecule has 0 aliphatic heterocycles. The normalized spacial score (nSPS) is 34.9. The number of carbonyl (C=O) groups is 1. The molecule has 0 spiro atoms. The van der Waals surface area contributed by atoms with Gasteiger partial charge in [0.1, 0.15) is 5.54 Å². The quantitative estimate of drug-likeness (QED) is 0.755. The molecule has 16 heavy (non-hydrogen) atoms. The van der Waals surface area contributed by atoms with E-state index in [2.05, 4.69) is 12.2 Å². The van der Waals surface area contributed by atoms with Gasteiger partial charge in [0.15, 0.2) is 0 Å². The highest BCUT2D eigenvalue weighted by Crippen LogP contribution is 2.46. The van der Waals surface area contributed by atoms with E-state index >= 15 is 0 Å². The van der Waals surface area contributed by atoms with Gasteiger partial charge >= 0.3 is 5.97 Å². The minimum absolute atomic E-state index is 0.610. The average molecular weight is 225 g/mol. The molecule has 3 nitrogen and oxygen atoms in total. The summed E-state index contributed by atoms with van der Waals surface area (Å²) in [4.78, 5) is 11.5. The van der Waals surface area contributed by atoms with Gasteiger partial charge in [-0.1, -0.05) is 19.8 Å².